The van der Waals surface area contributed by atoms with E-state index in [2.05, 4.69) is 0 Å². The summed E-state index contributed by atoms with van der Waals surface area (Å²) >= 11 is 0. The van der Waals surface area contributed by atoms with Crippen LogP contribution in [-0.2, 0) is 19.7 Å². The van der Waals surface area contributed by atoms with Crippen molar-refractivity contribution < 1.29 is 19.4 Å². The Morgan fingerprint density at radius 2 is 1.78 bits per heavy atom. The molecule has 0 aromatic heterocycles. The van der Waals surface area contributed by atoms with E-state index in [9.17, 15) is 14.7 Å². The molecule has 0 bridgehead atoms. The van der Waals surface area contributed by atoms with Crippen LogP contribution >= 0.6 is 0 Å². The number of likely N-dealkylation sites (tertiary alicyclic amines) is 1. The molecule has 5 nitrogen and oxygen atoms in total. The molecule has 1 aromatic carbocycles. The highest BCUT2D eigenvalue weighted by Gasteiger charge is 2.47. The largest absolute Gasteiger partial charge is 0.481 e. The summed E-state index contributed by atoms with van der Waals surface area (Å²) in [5.41, 5.74) is -0.797. The van der Waals surface area contributed by atoms with Crippen molar-refractivity contribution in [2.75, 3.05) is 19.7 Å². The normalized spacial score (nSPS) is 26.9. The van der Waals surface area contributed by atoms with Gasteiger partial charge in [-0.15, -0.1) is 0 Å². The molecule has 1 N–H and O–H groups in total. The highest BCUT2D eigenvalue weighted by Crippen LogP contribution is 2.37. The van der Waals surface area contributed by atoms with Crippen LogP contribution in [0.2, 0.25) is 0 Å². The first-order valence-electron chi connectivity index (χ1n) is 8.20. The number of carbonyl (C=O) groups excluding carboxylic acids is 1. The van der Waals surface area contributed by atoms with E-state index in [0.717, 1.165) is 18.4 Å². The predicted molar refractivity (Wildman–Crippen MR) is 85.2 cm³/mol. The second-order valence-electron chi connectivity index (χ2n) is 6.73. The van der Waals surface area contributed by atoms with E-state index >= 15 is 0 Å². The topological polar surface area (TPSA) is 66.8 Å². The van der Waals surface area contributed by atoms with Gasteiger partial charge in [-0.3, -0.25) is 9.59 Å². The number of piperidine rings is 1. The van der Waals surface area contributed by atoms with Crippen LogP contribution in [0, 0.1) is 0 Å². The fourth-order valence-electron chi connectivity index (χ4n) is 3.76. The maximum atomic E-state index is 12.7. The Morgan fingerprint density at radius 1 is 1.13 bits per heavy atom. The maximum absolute atomic E-state index is 12.7. The summed E-state index contributed by atoms with van der Waals surface area (Å²) < 4.78 is 5.63. The van der Waals surface area contributed by atoms with E-state index in [4.69, 9.17) is 4.74 Å². The van der Waals surface area contributed by atoms with Crippen LogP contribution in [0.25, 0.3) is 0 Å². The van der Waals surface area contributed by atoms with Crippen LogP contribution in [0.15, 0.2) is 30.3 Å². The Kier molecular flexibility index (Phi) is 4.15. The van der Waals surface area contributed by atoms with Crippen molar-refractivity contribution in [3.8, 4) is 0 Å². The average Bonchev–Trinajstić information content (AvgIpc) is 3.03. The van der Waals surface area contributed by atoms with E-state index in [1.54, 1.807) is 4.90 Å². The molecule has 2 fully saturated rings. The maximum Gasteiger partial charge on any atom is 0.314 e. The summed E-state index contributed by atoms with van der Waals surface area (Å²) in [5.74, 6) is -0.804. The van der Waals surface area contributed by atoms with Gasteiger partial charge < -0.3 is 14.7 Å². The number of carboxylic acids is 1. The lowest BCUT2D eigenvalue weighted by Gasteiger charge is -2.41. The second kappa shape index (κ2) is 5.96. The molecule has 2 aliphatic heterocycles. The SMILES string of the molecule is CC1(C(=O)N2CCC(C(=O)O)(c3ccccc3)CC2)CCCO1. The number of hydrogen-bond donors (Lipinski definition) is 1. The number of ether oxygens (including phenoxy) is 1. The van der Waals surface area contributed by atoms with Gasteiger partial charge in [-0.05, 0) is 38.2 Å². The lowest BCUT2D eigenvalue weighted by molar-refractivity contribution is -0.156. The molecule has 2 saturated heterocycles. The van der Waals surface area contributed by atoms with Crippen molar-refractivity contribution in [3.05, 3.63) is 35.9 Å². The van der Waals surface area contributed by atoms with Gasteiger partial charge in [0, 0.05) is 19.7 Å². The standard InChI is InChI=1S/C18H23NO4/c1-17(8-5-13-23-17)15(20)19-11-9-18(10-12-19,16(21)22)14-6-3-2-4-7-14/h2-4,6-7H,5,8-13H2,1H3,(H,21,22). The predicted octanol–water partition coefficient (Wildman–Crippen LogP) is 2.20. The average molecular weight is 317 g/mol. The minimum absolute atomic E-state index is 0.00190. The Hall–Kier alpha value is -1.88. The third kappa shape index (κ3) is 2.74. The summed E-state index contributed by atoms with van der Waals surface area (Å²) in [6, 6.07) is 9.35. The van der Waals surface area contributed by atoms with Crippen molar-refractivity contribution in [1.29, 1.82) is 0 Å². The van der Waals surface area contributed by atoms with Gasteiger partial charge >= 0.3 is 5.97 Å². The van der Waals surface area contributed by atoms with Crippen molar-refractivity contribution >= 4 is 11.9 Å². The summed E-state index contributed by atoms with van der Waals surface area (Å²) in [6.45, 7) is 3.38. The molecule has 0 radical (unpaired) electrons. The van der Waals surface area contributed by atoms with E-state index in [-0.39, 0.29) is 5.91 Å². The van der Waals surface area contributed by atoms with Crippen LogP contribution in [0.3, 0.4) is 0 Å². The van der Waals surface area contributed by atoms with Gasteiger partial charge in [-0.25, -0.2) is 0 Å². The minimum atomic E-state index is -0.893. The quantitative estimate of drug-likeness (QED) is 0.928. The zero-order chi connectivity index (χ0) is 16.5. The lowest BCUT2D eigenvalue weighted by Crippen LogP contribution is -2.54. The van der Waals surface area contributed by atoms with Crippen LogP contribution in [-0.4, -0.2) is 47.2 Å². The van der Waals surface area contributed by atoms with E-state index in [1.807, 2.05) is 37.3 Å². The number of carboxylic acid groups (broad SMARTS) is 1. The molecule has 3 rings (SSSR count). The number of nitrogens with zero attached hydrogens (tertiary/aromatic N) is 1. The number of amides is 1. The van der Waals surface area contributed by atoms with Crippen LogP contribution in [0.5, 0.6) is 0 Å². The number of carbonyl (C=O) groups is 2. The first kappa shape index (κ1) is 16.0. The molecule has 2 heterocycles. The van der Waals surface area contributed by atoms with E-state index in [0.29, 0.717) is 32.5 Å². The fourth-order valence-corrected chi connectivity index (χ4v) is 3.76. The van der Waals surface area contributed by atoms with Crippen molar-refractivity contribution in [2.45, 2.75) is 43.6 Å². The first-order chi connectivity index (χ1) is 11.0. The number of benzene rings is 1. The Morgan fingerprint density at radius 3 is 2.30 bits per heavy atom. The molecule has 23 heavy (non-hydrogen) atoms. The first-order valence-corrected chi connectivity index (χ1v) is 8.20. The molecule has 0 aliphatic carbocycles. The van der Waals surface area contributed by atoms with Crippen molar-refractivity contribution in [2.24, 2.45) is 0 Å². The zero-order valence-corrected chi connectivity index (χ0v) is 13.5. The number of aliphatic carboxylic acids is 1. The van der Waals surface area contributed by atoms with Gasteiger partial charge in [0.2, 0.25) is 0 Å². The third-order valence-electron chi connectivity index (χ3n) is 5.31. The van der Waals surface area contributed by atoms with E-state index in [1.165, 1.54) is 0 Å². The molecule has 1 unspecified atom stereocenters. The molecule has 5 heteroatoms. The molecule has 1 aromatic rings. The van der Waals surface area contributed by atoms with E-state index < -0.39 is 17.0 Å². The molecule has 1 amide bonds. The van der Waals surface area contributed by atoms with Gasteiger partial charge in [0.25, 0.3) is 5.91 Å². The molecular weight excluding hydrogens is 294 g/mol. The fraction of sp³-hybridized carbons (Fsp3) is 0.556. The smallest absolute Gasteiger partial charge is 0.314 e. The highest BCUT2D eigenvalue weighted by molar-refractivity contribution is 5.86. The van der Waals surface area contributed by atoms with Gasteiger partial charge in [0.15, 0.2) is 0 Å². The van der Waals surface area contributed by atoms with Crippen LogP contribution in [0.1, 0.15) is 38.2 Å². The Balaban J connectivity index is 1.76. The van der Waals surface area contributed by atoms with Crippen molar-refractivity contribution in [3.63, 3.8) is 0 Å². The van der Waals surface area contributed by atoms with Crippen LogP contribution < -0.4 is 0 Å². The molecule has 0 spiro atoms. The monoisotopic (exact) mass is 317 g/mol. The molecule has 1 atom stereocenters. The van der Waals surface area contributed by atoms with Crippen LogP contribution in [0.4, 0.5) is 0 Å². The summed E-state index contributed by atoms with van der Waals surface area (Å²) in [4.78, 5) is 26.4. The molecular formula is C18H23NO4. The van der Waals surface area contributed by atoms with Gasteiger partial charge in [-0.2, -0.15) is 0 Å². The Labute approximate surface area is 136 Å². The zero-order valence-electron chi connectivity index (χ0n) is 13.5. The number of rotatable bonds is 3. The van der Waals surface area contributed by atoms with Gasteiger partial charge in [-0.1, -0.05) is 30.3 Å². The minimum Gasteiger partial charge on any atom is -0.481 e. The lowest BCUT2D eigenvalue weighted by atomic mass is 9.72. The highest BCUT2D eigenvalue weighted by atomic mass is 16.5. The van der Waals surface area contributed by atoms with Crippen molar-refractivity contribution in [1.82, 2.24) is 4.90 Å². The molecule has 0 saturated carbocycles. The molecule has 124 valence electrons. The summed E-state index contributed by atoms with van der Waals surface area (Å²) in [6.07, 6.45) is 2.52. The summed E-state index contributed by atoms with van der Waals surface area (Å²) in [7, 11) is 0. The summed E-state index contributed by atoms with van der Waals surface area (Å²) in [5, 5.41) is 9.80. The van der Waals surface area contributed by atoms with Gasteiger partial charge in [0.1, 0.15) is 5.60 Å². The van der Waals surface area contributed by atoms with Gasteiger partial charge in [0.05, 0.1) is 5.41 Å². The second-order valence-corrected chi connectivity index (χ2v) is 6.73. The number of hydrogen-bond acceptors (Lipinski definition) is 3. The third-order valence-corrected chi connectivity index (χ3v) is 5.31. The Bertz CT molecular complexity index is 584. The molecule has 2 aliphatic rings.